The van der Waals surface area contributed by atoms with E-state index < -0.39 is 0 Å². The second kappa shape index (κ2) is 16.9. The molecule has 0 saturated heterocycles. The molecular formula is C8H18O4. The Labute approximate surface area is 73.5 Å². The Morgan fingerprint density at radius 1 is 1.25 bits per heavy atom. The normalized spacial score (nSPS) is 8.58. The first-order valence-corrected chi connectivity index (χ1v) is 4.03. The van der Waals surface area contributed by atoms with Gasteiger partial charge in [0, 0.05) is 13.2 Å². The predicted octanol–water partition coefficient (Wildman–Crippen LogP) is 0.237. The van der Waals surface area contributed by atoms with Gasteiger partial charge in [-0.1, -0.05) is 0 Å². The summed E-state index contributed by atoms with van der Waals surface area (Å²) in [7, 11) is 0. The van der Waals surface area contributed by atoms with Crippen LogP contribution in [0, 0.1) is 0 Å². The molecule has 1 N–H and O–H groups in total. The van der Waals surface area contributed by atoms with E-state index >= 15 is 0 Å². The maximum absolute atomic E-state index is 9.44. The van der Waals surface area contributed by atoms with E-state index in [-0.39, 0.29) is 13.2 Å². The molecule has 0 radical (unpaired) electrons. The van der Waals surface area contributed by atoms with Crippen molar-refractivity contribution in [2.24, 2.45) is 0 Å². The average Bonchev–Trinajstić information content (AvgIpc) is 2.12. The minimum atomic E-state index is 0.133. The minimum Gasteiger partial charge on any atom is -0.394 e. The summed E-state index contributed by atoms with van der Waals surface area (Å²) in [6.45, 7) is 5.90. The highest BCUT2D eigenvalue weighted by molar-refractivity contribution is 5.50. The molecule has 4 nitrogen and oxygen atoms in total. The topological polar surface area (TPSA) is 55.8 Å². The van der Waals surface area contributed by atoms with Crippen LogP contribution in [0.1, 0.15) is 13.8 Å². The quantitative estimate of drug-likeness (QED) is 0.467. The lowest BCUT2D eigenvalue weighted by molar-refractivity contribution is -0.111. The zero-order chi connectivity index (χ0) is 9.66. The summed E-state index contributed by atoms with van der Waals surface area (Å²) in [5.74, 6) is 0. The highest BCUT2D eigenvalue weighted by atomic mass is 16.5. The average molecular weight is 178 g/mol. The van der Waals surface area contributed by atoms with E-state index in [0.29, 0.717) is 19.8 Å². The molecule has 0 amide bonds. The Balaban J connectivity index is 0. The smallest absolute Gasteiger partial charge is 0.145 e. The molecule has 12 heavy (non-hydrogen) atoms. The number of ether oxygens (including phenoxy) is 2. The number of aldehydes is 1. The lowest BCUT2D eigenvalue weighted by atomic mass is 10.8. The molecule has 0 aromatic carbocycles. The van der Waals surface area contributed by atoms with Crippen LogP contribution in [-0.2, 0) is 14.3 Å². The van der Waals surface area contributed by atoms with Crippen molar-refractivity contribution < 1.29 is 19.4 Å². The molecule has 0 atom stereocenters. The summed E-state index contributed by atoms with van der Waals surface area (Å²) in [5.41, 5.74) is 0. The summed E-state index contributed by atoms with van der Waals surface area (Å²) in [5, 5.41) is 8.07. The molecule has 74 valence electrons. The minimum absolute atomic E-state index is 0.133. The summed E-state index contributed by atoms with van der Waals surface area (Å²) < 4.78 is 9.35. The maximum Gasteiger partial charge on any atom is 0.145 e. The van der Waals surface area contributed by atoms with Crippen LogP contribution in [0.2, 0.25) is 0 Å². The van der Waals surface area contributed by atoms with Gasteiger partial charge in [-0.05, 0) is 13.8 Å². The molecular weight excluding hydrogens is 160 g/mol. The first-order valence-electron chi connectivity index (χ1n) is 4.03. The Morgan fingerprint density at radius 2 is 1.83 bits per heavy atom. The molecule has 0 unspecified atom stereocenters. The molecule has 0 rings (SSSR count). The van der Waals surface area contributed by atoms with Crippen LogP contribution in [0.5, 0.6) is 0 Å². The highest BCUT2D eigenvalue weighted by Gasteiger charge is 1.73. The van der Waals surface area contributed by atoms with E-state index in [4.69, 9.17) is 9.84 Å². The summed E-state index contributed by atoms with van der Waals surface area (Å²) in [4.78, 5) is 9.44. The van der Waals surface area contributed by atoms with Gasteiger partial charge >= 0.3 is 0 Å². The third-order valence-corrected chi connectivity index (χ3v) is 0.830. The Morgan fingerprint density at radius 3 is 2.00 bits per heavy atom. The third-order valence-electron chi connectivity index (χ3n) is 0.830. The van der Waals surface area contributed by atoms with Gasteiger partial charge in [-0.15, -0.1) is 0 Å². The fourth-order valence-corrected chi connectivity index (χ4v) is 0.375. The van der Waals surface area contributed by atoms with Gasteiger partial charge in [-0.3, -0.25) is 0 Å². The lowest BCUT2D eigenvalue weighted by Crippen LogP contribution is -1.96. The van der Waals surface area contributed by atoms with E-state index in [0.717, 1.165) is 6.29 Å². The monoisotopic (exact) mass is 178 g/mol. The standard InChI is InChI=1S/C4H10O2.C4H8O2/c2*1-2-6-4-3-5/h5H,2-4H2,1H3;3H,2,4H2,1H3. The Bertz CT molecular complexity index is 71.5. The van der Waals surface area contributed by atoms with Crippen molar-refractivity contribution in [2.45, 2.75) is 13.8 Å². The number of hydrogen-bond donors (Lipinski definition) is 1. The largest absolute Gasteiger partial charge is 0.394 e. The maximum atomic E-state index is 9.44. The number of aliphatic hydroxyl groups excluding tert-OH is 1. The van der Waals surface area contributed by atoms with Crippen molar-refractivity contribution in [1.82, 2.24) is 0 Å². The lowest BCUT2D eigenvalue weighted by Gasteiger charge is -1.91. The fraction of sp³-hybridized carbons (Fsp3) is 0.875. The van der Waals surface area contributed by atoms with Crippen LogP contribution in [0.25, 0.3) is 0 Å². The molecule has 0 saturated carbocycles. The molecule has 0 spiro atoms. The van der Waals surface area contributed by atoms with E-state index in [2.05, 4.69) is 4.74 Å². The predicted molar refractivity (Wildman–Crippen MR) is 46.1 cm³/mol. The number of hydrogen-bond acceptors (Lipinski definition) is 4. The molecule has 0 aliphatic heterocycles. The van der Waals surface area contributed by atoms with Crippen LogP contribution < -0.4 is 0 Å². The van der Waals surface area contributed by atoms with Crippen LogP contribution in [0.15, 0.2) is 0 Å². The summed E-state index contributed by atoms with van der Waals surface area (Å²) in [6, 6.07) is 0. The Hall–Kier alpha value is -0.450. The van der Waals surface area contributed by atoms with Gasteiger partial charge in [0.2, 0.25) is 0 Å². The van der Waals surface area contributed by atoms with Crippen molar-refractivity contribution in [3.63, 3.8) is 0 Å². The van der Waals surface area contributed by atoms with E-state index in [1.54, 1.807) is 0 Å². The second-order valence-electron chi connectivity index (χ2n) is 1.75. The Kier molecular flexibility index (Phi) is 19.8. The molecule has 0 aliphatic carbocycles. The zero-order valence-corrected chi connectivity index (χ0v) is 7.78. The van der Waals surface area contributed by atoms with Gasteiger partial charge in [0.05, 0.1) is 13.2 Å². The number of carbonyl (C=O) groups excluding carboxylic acids is 1. The fourth-order valence-electron chi connectivity index (χ4n) is 0.375. The zero-order valence-electron chi connectivity index (χ0n) is 7.78. The van der Waals surface area contributed by atoms with Crippen molar-refractivity contribution in [3.05, 3.63) is 0 Å². The van der Waals surface area contributed by atoms with E-state index in [9.17, 15) is 4.79 Å². The molecule has 4 heteroatoms. The molecule has 0 aromatic rings. The summed E-state index contributed by atoms with van der Waals surface area (Å²) >= 11 is 0. The van der Waals surface area contributed by atoms with Crippen molar-refractivity contribution in [3.8, 4) is 0 Å². The second-order valence-corrected chi connectivity index (χ2v) is 1.75. The first-order chi connectivity index (χ1) is 5.83. The number of rotatable bonds is 6. The highest BCUT2D eigenvalue weighted by Crippen LogP contribution is 1.66. The molecule has 0 fully saturated rings. The van der Waals surface area contributed by atoms with Gasteiger partial charge in [0.25, 0.3) is 0 Å². The van der Waals surface area contributed by atoms with E-state index in [1.165, 1.54) is 0 Å². The van der Waals surface area contributed by atoms with Crippen LogP contribution in [0.4, 0.5) is 0 Å². The third kappa shape index (κ3) is 22.7. The molecule has 0 bridgehead atoms. The van der Waals surface area contributed by atoms with Gasteiger partial charge < -0.3 is 19.4 Å². The first kappa shape index (κ1) is 14.1. The van der Waals surface area contributed by atoms with Crippen molar-refractivity contribution in [1.29, 1.82) is 0 Å². The molecule has 0 heterocycles. The molecule has 0 aromatic heterocycles. The number of carbonyl (C=O) groups is 1. The van der Waals surface area contributed by atoms with Crippen LogP contribution >= 0.6 is 0 Å². The van der Waals surface area contributed by atoms with Crippen molar-refractivity contribution in [2.75, 3.05) is 33.0 Å². The number of aliphatic hydroxyl groups is 1. The van der Waals surface area contributed by atoms with Gasteiger partial charge in [-0.25, -0.2) is 0 Å². The van der Waals surface area contributed by atoms with E-state index in [1.807, 2.05) is 13.8 Å². The van der Waals surface area contributed by atoms with Gasteiger partial charge in [0.15, 0.2) is 0 Å². The summed E-state index contributed by atoms with van der Waals surface area (Å²) in [6.07, 6.45) is 0.740. The molecule has 0 aliphatic rings. The van der Waals surface area contributed by atoms with Gasteiger partial charge in [0.1, 0.15) is 12.9 Å². The SMILES string of the molecule is CCOCC=O.CCOCCO. The van der Waals surface area contributed by atoms with Gasteiger partial charge in [-0.2, -0.15) is 0 Å². The van der Waals surface area contributed by atoms with Crippen LogP contribution in [0.3, 0.4) is 0 Å². The van der Waals surface area contributed by atoms with Crippen LogP contribution in [-0.4, -0.2) is 44.4 Å². The van der Waals surface area contributed by atoms with Crippen molar-refractivity contribution >= 4 is 6.29 Å².